The van der Waals surface area contributed by atoms with E-state index in [4.69, 9.17) is 21.7 Å². The van der Waals surface area contributed by atoms with E-state index in [-0.39, 0.29) is 18.1 Å². The van der Waals surface area contributed by atoms with Crippen molar-refractivity contribution in [1.29, 1.82) is 10.7 Å². The highest BCUT2D eigenvalue weighted by Crippen LogP contribution is 2.61. The zero-order valence-corrected chi connectivity index (χ0v) is 17.8. The van der Waals surface area contributed by atoms with Gasteiger partial charge in [-0.15, -0.1) is 0 Å². The van der Waals surface area contributed by atoms with Gasteiger partial charge in [0.2, 0.25) is 0 Å². The van der Waals surface area contributed by atoms with Gasteiger partial charge in [-0.3, -0.25) is 0 Å². The molecule has 0 spiro atoms. The van der Waals surface area contributed by atoms with Crippen LogP contribution in [0.4, 0.5) is 13.2 Å². The Bertz CT molecular complexity index is 1030. The third kappa shape index (κ3) is 5.29. The summed E-state index contributed by atoms with van der Waals surface area (Å²) in [5.74, 6) is -0.243. The molecule has 31 heavy (non-hydrogen) atoms. The highest BCUT2D eigenvalue weighted by atomic mass is 35.5. The number of alkyl halides is 3. The molecule has 7 heteroatoms. The van der Waals surface area contributed by atoms with Gasteiger partial charge < -0.3 is 10.1 Å². The zero-order chi connectivity index (χ0) is 22.8. The summed E-state index contributed by atoms with van der Waals surface area (Å²) in [4.78, 5) is 0. The lowest BCUT2D eigenvalue weighted by atomic mass is 9.91. The largest absolute Gasteiger partial charge is 0.457 e. The maximum Gasteiger partial charge on any atom is 0.426 e. The molecule has 3 unspecified atom stereocenters. The number of nitrogens with zero attached hydrogens (tertiary/aromatic N) is 1. The zero-order valence-electron chi connectivity index (χ0n) is 17.1. The Morgan fingerprint density at radius 1 is 1.19 bits per heavy atom. The number of nitriles is 1. The molecule has 2 aromatic rings. The SMILES string of the molecule is CC1(C)C(/C=C(\Cl)C(F)(F)F)C1C(=N)CC(C#N)c1cccc(Oc2ccccc2)c1. The Balaban J connectivity index is 1.72. The second kappa shape index (κ2) is 8.76. The van der Waals surface area contributed by atoms with Crippen LogP contribution < -0.4 is 4.74 Å². The van der Waals surface area contributed by atoms with Crippen molar-refractivity contribution < 1.29 is 17.9 Å². The smallest absolute Gasteiger partial charge is 0.426 e. The molecule has 0 radical (unpaired) electrons. The van der Waals surface area contributed by atoms with E-state index in [0.717, 1.165) is 6.08 Å². The molecule has 0 bridgehead atoms. The van der Waals surface area contributed by atoms with Crippen LogP contribution >= 0.6 is 11.6 Å². The van der Waals surface area contributed by atoms with Gasteiger partial charge in [-0.25, -0.2) is 0 Å². The van der Waals surface area contributed by atoms with E-state index in [9.17, 15) is 18.4 Å². The Morgan fingerprint density at radius 2 is 1.84 bits per heavy atom. The molecule has 0 heterocycles. The molecule has 3 atom stereocenters. The predicted octanol–water partition coefficient (Wildman–Crippen LogP) is 7.45. The van der Waals surface area contributed by atoms with Gasteiger partial charge in [0.05, 0.1) is 12.0 Å². The standard InChI is InChI=1S/C24H22ClF3N2O/c1-23(2)19(13-21(25)24(26,27)28)22(23)20(30)12-16(14-29)15-7-6-10-18(11-15)31-17-8-4-3-5-9-17/h3-11,13,16,19,22,30H,12H2,1-2H3/b21-13-,30-20?. The Labute approximate surface area is 184 Å². The van der Waals surface area contributed by atoms with Gasteiger partial charge in [0, 0.05) is 18.1 Å². The van der Waals surface area contributed by atoms with Gasteiger partial charge in [0.1, 0.15) is 16.5 Å². The molecule has 1 aliphatic rings. The van der Waals surface area contributed by atoms with E-state index in [0.29, 0.717) is 17.1 Å². The van der Waals surface area contributed by atoms with Crippen LogP contribution in [0.15, 0.2) is 65.7 Å². The fourth-order valence-corrected chi connectivity index (χ4v) is 4.05. The number of benzene rings is 2. The highest BCUT2D eigenvalue weighted by molar-refractivity contribution is 6.30. The molecule has 1 fully saturated rings. The van der Waals surface area contributed by atoms with E-state index in [1.54, 1.807) is 24.3 Å². The molecule has 0 saturated heterocycles. The molecular weight excluding hydrogens is 425 g/mol. The minimum Gasteiger partial charge on any atom is -0.457 e. The second-order valence-corrected chi connectivity index (χ2v) is 8.64. The molecule has 0 amide bonds. The molecule has 0 aromatic heterocycles. The van der Waals surface area contributed by atoms with Gasteiger partial charge >= 0.3 is 6.18 Å². The molecule has 1 saturated carbocycles. The summed E-state index contributed by atoms with van der Waals surface area (Å²) >= 11 is 5.40. The Kier molecular flexibility index (Phi) is 6.47. The first-order chi connectivity index (χ1) is 14.5. The summed E-state index contributed by atoms with van der Waals surface area (Å²) in [6, 6.07) is 18.5. The van der Waals surface area contributed by atoms with Crippen molar-refractivity contribution in [3.8, 4) is 17.6 Å². The average molecular weight is 447 g/mol. The summed E-state index contributed by atoms with van der Waals surface area (Å²) < 4.78 is 44.2. The van der Waals surface area contributed by atoms with Crippen LogP contribution in [-0.4, -0.2) is 11.9 Å². The molecule has 2 aromatic carbocycles. The minimum atomic E-state index is -4.60. The molecule has 0 aliphatic heterocycles. The Morgan fingerprint density at radius 3 is 2.45 bits per heavy atom. The molecule has 162 valence electrons. The van der Waals surface area contributed by atoms with Crippen molar-refractivity contribution in [2.75, 3.05) is 0 Å². The summed E-state index contributed by atoms with van der Waals surface area (Å²) in [7, 11) is 0. The molecule has 1 N–H and O–H groups in total. The predicted molar refractivity (Wildman–Crippen MR) is 114 cm³/mol. The van der Waals surface area contributed by atoms with Crippen molar-refractivity contribution >= 4 is 17.3 Å². The molecule has 3 rings (SSSR count). The molecule has 3 nitrogen and oxygen atoms in total. The van der Waals surface area contributed by atoms with Crippen LogP contribution in [0.2, 0.25) is 0 Å². The summed E-state index contributed by atoms with van der Waals surface area (Å²) in [6.45, 7) is 3.62. The van der Waals surface area contributed by atoms with Crippen LogP contribution in [0.5, 0.6) is 11.5 Å². The van der Waals surface area contributed by atoms with Crippen molar-refractivity contribution in [3.05, 3.63) is 71.3 Å². The first kappa shape index (κ1) is 22.9. The van der Waals surface area contributed by atoms with Gasteiger partial charge in [-0.05, 0) is 41.2 Å². The third-order valence-corrected chi connectivity index (χ3v) is 6.04. The van der Waals surface area contributed by atoms with Crippen molar-refractivity contribution in [2.45, 2.75) is 32.4 Å². The van der Waals surface area contributed by atoms with E-state index in [2.05, 4.69) is 6.07 Å². The third-order valence-electron chi connectivity index (χ3n) is 5.70. The lowest BCUT2D eigenvalue weighted by Gasteiger charge is -2.13. The fourth-order valence-electron chi connectivity index (χ4n) is 3.91. The highest BCUT2D eigenvalue weighted by Gasteiger charge is 2.59. The first-order valence-electron chi connectivity index (χ1n) is 9.78. The Hall–Kier alpha value is -2.78. The van der Waals surface area contributed by atoms with Gasteiger partial charge in [0.15, 0.2) is 0 Å². The summed E-state index contributed by atoms with van der Waals surface area (Å²) in [6.07, 6.45) is -3.47. The lowest BCUT2D eigenvalue weighted by molar-refractivity contribution is -0.0848. The van der Waals surface area contributed by atoms with Crippen LogP contribution in [-0.2, 0) is 0 Å². The van der Waals surface area contributed by atoms with E-state index in [1.807, 2.05) is 44.2 Å². The van der Waals surface area contributed by atoms with Gasteiger partial charge in [0.25, 0.3) is 0 Å². The number of halogens is 4. The number of allylic oxidation sites excluding steroid dienone is 2. The van der Waals surface area contributed by atoms with Crippen LogP contribution in [0.25, 0.3) is 0 Å². The number of nitrogens with one attached hydrogen (secondary N) is 1. The molecule has 1 aliphatic carbocycles. The topological polar surface area (TPSA) is 56.9 Å². The van der Waals surface area contributed by atoms with Crippen molar-refractivity contribution in [3.63, 3.8) is 0 Å². The number of hydrogen-bond donors (Lipinski definition) is 1. The van der Waals surface area contributed by atoms with E-state index in [1.165, 1.54) is 0 Å². The van der Waals surface area contributed by atoms with Crippen LogP contribution in [0, 0.1) is 34.0 Å². The normalized spacial score (nSPS) is 21.1. The molecular formula is C24H22ClF3N2O. The van der Waals surface area contributed by atoms with Crippen molar-refractivity contribution in [2.24, 2.45) is 17.3 Å². The lowest BCUT2D eigenvalue weighted by Crippen LogP contribution is -2.10. The summed E-state index contributed by atoms with van der Waals surface area (Å²) in [5.41, 5.74) is 0.430. The minimum absolute atomic E-state index is 0.132. The maximum absolute atomic E-state index is 12.8. The van der Waals surface area contributed by atoms with Gasteiger partial charge in [-0.2, -0.15) is 18.4 Å². The number of ether oxygens (including phenoxy) is 1. The summed E-state index contributed by atoms with van der Waals surface area (Å²) in [5, 5.41) is 17.0. The second-order valence-electron chi connectivity index (χ2n) is 8.24. The van der Waals surface area contributed by atoms with Crippen LogP contribution in [0.1, 0.15) is 31.7 Å². The van der Waals surface area contributed by atoms with Gasteiger partial charge in [-0.1, -0.05) is 61.9 Å². The quantitative estimate of drug-likeness (QED) is 0.449. The fraction of sp³-hybridized carbons (Fsp3) is 0.333. The number of rotatable bonds is 7. The number of hydrogen-bond acceptors (Lipinski definition) is 3. The van der Waals surface area contributed by atoms with E-state index < -0.39 is 28.5 Å². The number of para-hydroxylation sites is 1. The van der Waals surface area contributed by atoms with Crippen molar-refractivity contribution in [1.82, 2.24) is 0 Å². The monoisotopic (exact) mass is 446 g/mol. The maximum atomic E-state index is 12.8. The first-order valence-corrected chi connectivity index (χ1v) is 10.2. The van der Waals surface area contributed by atoms with Crippen LogP contribution in [0.3, 0.4) is 0 Å². The average Bonchev–Trinajstić information content (AvgIpc) is 3.26. The van der Waals surface area contributed by atoms with E-state index >= 15 is 0 Å².